The number of halogens is 4. The normalized spacial score (nSPS) is 10.2. The highest BCUT2D eigenvalue weighted by Crippen LogP contribution is 2.27. The van der Waals surface area contributed by atoms with E-state index in [1.807, 2.05) is 0 Å². The minimum Gasteiger partial charge on any atom is -0.382 e. The highest BCUT2D eigenvalue weighted by molar-refractivity contribution is 6.36. The van der Waals surface area contributed by atoms with Gasteiger partial charge in [-0.05, 0) is 0 Å². The van der Waals surface area contributed by atoms with Gasteiger partial charge in [-0.2, -0.15) is 9.37 Å². The van der Waals surface area contributed by atoms with Crippen molar-refractivity contribution in [3.63, 3.8) is 0 Å². The molecule has 11 heavy (non-hydrogen) atoms. The van der Waals surface area contributed by atoms with Gasteiger partial charge in [0, 0.05) is 0 Å². The summed E-state index contributed by atoms with van der Waals surface area (Å²) in [5, 5.41) is -1.21. The van der Waals surface area contributed by atoms with Crippen LogP contribution in [0.5, 0.6) is 0 Å². The van der Waals surface area contributed by atoms with Crippen molar-refractivity contribution in [1.82, 2.24) is 4.98 Å². The summed E-state index contributed by atoms with van der Waals surface area (Å²) in [6, 6.07) is 0. The molecule has 1 heterocycles. The van der Waals surface area contributed by atoms with E-state index in [0.717, 1.165) is 0 Å². The van der Waals surface area contributed by atoms with Crippen LogP contribution in [0, 0.1) is 11.8 Å². The molecule has 0 saturated carbocycles. The van der Waals surface area contributed by atoms with Gasteiger partial charge in [-0.15, -0.1) is 0 Å². The molecule has 1 aromatic heterocycles. The van der Waals surface area contributed by atoms with Crippen molar-refractivity contribution >= 4 is 29.0 Å². The lowest BCUT2D eigenvalue weighted by Gasteiger charge is -2.00. The SMILES string of the molecule is Nc1nc(F)c(Cl)c(F)c1Cl. The standard InChI is InChI=1S/C5H2Cl2F2N2/c6-1-3(8)2(7)5(10)11-4(1)9/h(H2,10,11). The molecule has 1 rings (SSSR count). The molecular formula is C5H2Cl2F2N2. The predicted molar refractivity (Wildman–Crippen MR) is 38.6 cm³/mol. The molecular weight excluding hydrogens is 197 g/mol. The maximum absolute atomic E-state index is 12.6. The fourth-order valence-corrected chi connectivity index (χ4v) is 0.825. The quantitative estimate of drug-likeness (QED) is 0.650. The van der Waals surface area contributed by atoms with E-state index in [2.05, 4.69) is 4.98 Å². The van der Waals surface area contributed by atoms with E-state index in [0.29, 0.717) is 0 Å². The van der Waals surface area contributed by atoms with Crippen molar-refractivity contribution in [3.8, 4) is 0 Å². The van der Waals surface area contributed by atoms with E-state index >= 15 is 0 Å². The predicted octanol–water partition coefficient (Wildman–Crippen LogP) is 2.25. The molecule has 0 spiro atoms. The van der Waals surface area contributed by atoms with Crippen LogP contribution in [0.4, 0.5) is 14.6 Å². The molecule has 0 aliphatic carbocycles. The average Bonchev–Trinajstić information content (AvgIpc) is 1.97. The molecule has 2 nitrogen and oxygen atoms in total. The molecule has 0 aromatic carbocycles. The summed E-state index contributed by atoms with van der Waals surface area (Å²) in [5.41, 5.74) is 5.01. The van der Waals surface area contributed by atoms with Crippen molar-refractivity contribution in [2.24, 2.45) is 0 Å². The van der Waals surface area contributed by atoms with Gasteiger partial charge in [0.15, 0.2) is 5.82 Å². The lowest BCUT2D eigenvalue weighted by molar-refractivity contribution is 0.555. The first-order valence-corrected chi connectivity index (χ1v) is 3.25. The van der Waals surface area contributed by atoms with Crippen molar-refractivity contribution in [2.45, 2.75) is 0 Å². The summed E-state index contributed by atoms with van der Waals surface area (Å²) in [7, 11) is 0. The molecule has 60 valence electrons. The van der Waals surface area contributed by atoms with Gasteiger partial charge in [0.1, 0.15) is 15.9 Å². The zero-order valence-corrected chi connectivity index (χ0v) is 6.55. The van der Waals surface area contributed by atoms with Gasteiger partial charge in [-0.3, -0.25) is 0 Å². The summed E-state index contributed by atoms with van der Waals surface area (Å²) in [5.74, 6) is -2.66. The van der Waals surface area contributed by atoms with Crippen LogP contribution < -0.4 is 5.73 Å². The molecule has 0 fully saturated rings. The van der Waals surface area contributed by atoms with E-state index < -0.39 is 27.6 Å². The number of aromatic nitrogens is 1. The number of hydrogen-bond donors (Lipinski definition) is 1. The zero-order valence-electron chi connectivity index (χ0n) is 5.04. The second kappa shape index (κ2) is 2.79. The summed E-state index contributed by atoms with van der Waals surface area (Å²) in [6.07, 6.45) is 0. The van der Waals surface area contributed by atoms with Crippen molar-refractivity contribution < 1.29 is 8.78 Å². The van der Waals surface area contributed by atoms with Crippen molar-refractivity contribution in [2.75, 3.05) is 5.73 Å². The molecule has 0 amide bonds. The zero-order chi connectivity index (χ0) is 8.59. The Morgan fingerprint density at radius 1 is 1.18 bits per heavy atom. The Morgan fingerprint density at radius 2 is 1.73 bits per heavy atom. The highest BCUT2D eigenvalue weighted by Gasteiger charge is 2.14. The number of anilines is 1. The second-order valence-electron chi connectivity index (χ2n) is 1.73. The Hall–Kier alpha value is -0.610. The van der Waals surface area contributed by atoms with Crippen LogP contribution in [-0.2, 0) is 0 Å². The maximum atomic E-state index is 12.6. The molecule has 0 unspecified atom stereocenters. The number of nitrogen functional groups attached to an aromatic ring is 1. The summed E-state index contributed by atoms with van der Waals surface area (Å²) in [6.45, 7) is 0. The summed E-state index contributed by atoms with van der Waals surface area (Å²) in [4.78, 5) is 3.04. The minimum atomic E-state index is -1.16. The first-order chi connectivity index (χ1) is 5.04. The number of hydrogen-bond acceptors (Lipinski definition) is 2. The molecule has 0 saturated heterocycles. The number of nitrogens with two attached hydrogens (primary N) is 1. The lowest BCUT2D eigenvalue weighted by Crippen LogP contribution is -1.98. The molecule has 1 aromatic rings. The van der Waals surface area contributed by atoms with Crippen molar-refractivity contribution in [1.29, 1.82) is 0 Å². The van der Waals surface area contributed by atoms with Gasteiger partial charge in [0.25, 0.3) is 0 Å². The van der Waals surface area contributed by atoms with Gasteiger partial charge in [-0.25, -0.2) is 4.39 Å². The molecule has 6 heteroatoms. The molecule has 0 aliphatic rings. The Kier molecular flexibility index (Phi) is 2.15. The third kappa shape index (κ3) is 1.36. The van der Waals surface area contributed by atoms with E-state index in [4.69, 9.17) is 28.9 Å². The topological polar surface area (TPSA) is 38.9 Å². The molecule has 0 aliphatic heterocycles. The van der Waals surface area contributed by atoms with Gasteiger partial charge in [0.05, 0.1) is 0 Å². The number of pyridine rings is 1. The van der Waals surface area contributed by atoms with Crippen LogP contribution in [0.2, 0.25) is 10.0 Å². The Morgan fingerprint density at radius 3 is 2.27 bits per heavy atom. The van der Waals surface area contributed by atoms with Crippen LogP contribution in [0.25, 0.3) is 0 Å². The maximum Gasteiger partial charge on any atom is 0.236 e. The van der Waals surface area contributed by atoms with Crippen LogP contribution in [0.3, 0.4) is 0 Å². The first kappa shape index (κ1) is 8.49. The van der Waals surface area contributed by atoms with Crippen LogP contribution in [-0.4, -0.2) is 4.98 Å². The smallest absolute Gasteiger partial charge is 0.236 e. The fraction of sp³-hybridized carbons (Fsp3) is 0. The Bertz CT molecular complexity index is 277. The Labute approximate surface area is 70.9 Å². The highest BCUT2D eigenvalue weighted by atomic mass is 35.5. The summed E-state index contributed by atoms with van der Waals surface area (Å²) >= 11 is 10.3. The average molecular weight is 199 g/mol. The van der Waals surface area contributed by atoms with Gasteiger partial charge in [-0.1, -0.05) is 23.2 Å². The van der Waals surface area contributed by atoms with Crippen LogP contribution >= 0.6 is 23.2 Å². The minimum absolute atomic E-state index is 0.411. The largest absolute Gasteiger partial charge is 0.382 e. The number of rotatable bonds is 0. The van der Waals surface area contributed by atoms with Gasteiger partial charge >= 0.3 is 0 Å². The van der Waals surface area contributed by atoms with Gasteiger partial charge in [0.2, 0.25) is 5.95 Å². The third-order valence-corrected chi connectivity index (χ3v) is 1.69. The summed E-state index contributed by atoms with van der Waals surface area (Å²) < 4.78 is 25.0. The van der Waals surface area contributed by atoms with Crippen LogP contribution in [0.15, 0.2) is 0 Å². The molecule has 0 radical (unpaired) electrons. The van der Waals surface area contributed by atoms with Gasteiger partial charge < -0.3 is 5.73 Å². The molecule has 0 atom stereocenters. The monoisotopic (exact) mass is 198 g/mol. The van der Waals surface area contributed by atoms with E-state index in [1.165, 1.54) is 0 Å². The molecule has 2 N–H and O–H groups in total. The fourth-order valence-electron chi connectivity index (χ4n) is 0.503. The Balaban J connectivity index is 3.46. The lowest BCUT2D eigenvalue weighted by atomic mass is 10.4. The van der Waals surface area contributed by atoms with E-state index in [9.17, 15) is 8.78 Å². The number of nitrogens with zero attached hydrogens (tertiary/aromatic N) is 1. The first-order valence-electron chi connectivity index (χ1n) is 2.49. The molecule has 0 bridgehead atoms. The van der Waals surface area contributed by atoms with Crippen molar-refractivity contribution in [3.05, 3.63) is 21.8 Å². The third-order valence-electron chi connectivity index (χ3n) is 1.01. The second-order valence-corrected chi connectivity index (χ2v) is 2.49. The van der Waals surface area contributed by atoms with Crippen LogP contribution in [0.1, 0.15) is 0 Å². The van der Waals surface area contributed by atoms with E-state index in [1.54, 1.807) is 0 Å². The van der Waals surface area contributed by atoms with E-state index in [-0.39, 0.29) is 0 Å².